The van der Waals surface area contributed by atoms with Crippen LogP contribution in [0.5, 0.6) is 0 Å². The molecule has 0 unspecified atom stereocenters. The molecule has 0 spiro atoms. The van der Waals surface area contributed by atoms with Crippen LogP contribution in [-0.2, 0) is 37.3 Å². The first-order valence-electron chi connectivity index (χ1n) is 11.5. The lowest BCUT2D eigenvalue weighted by molar-refractivity contribution is -0.121. The van der Waals surface area contributed by atoms with Crippen molar-refractivity contribution in [3.05, 3.63) is 66.3 Å². The van der Waals surface area contributed by atoms with Gasteiger partial charge in [0.1, 0.15) is 18.7 Å². The molecule has 0 saturated carbocycles. The van der Waals surface area contributed by atoms with E-state index in [2.05, 4.69) is 20.4 Å². The SMILES string of the molecule is C[C@H]1CCc2c(ccc3c2nc(CCn2cccn2)n3CC(=O)NCc2ccncn2)N1C(=O)O. The molecule has 1 aliphatic rings. The highest BCUT2D eigenvalue weighted by molar-refractivity contribution is 5.95. The number of nitrogens with one attached hydrogen (secondary N) is 1. The summed E-state index contributed by atoms with van der Waals surface area (Å²) in [5, 5.41) is 16.9. The van der Waals surface area contributed by atoms with Gasteiger partial charge in [0.25, 0.3) is 0 Å². The van der Waals surface area contributed by atoms with Gasteiger partial charge in [0.2, 0.25) is 5.91 Å². The van der Waals surface area contributed by atoms with E-state index in [1.165, 1.54) is 11.2 Å². The highest BCUT2D eigenvalue weighted by Crippen LogP contribution is 2.36. The van der Waals surface area contributed by atoms with Crippen LogP contribution in [0.4, 0.5) is 10.5 Å². The summed E-state index contributed by atoms with van der Waals surface area (Å²) in [7, 11) is 0. The van der Waals surface area contributed by atoms with Crippen LogP contribution < -0.4 is 10.2 Å². The fraction of sp³-hybridized carbons (Fsp3) is 0.333. The zero-order valence-corrected chi connectivity index (χ0v) is 19.3. The third kappa shape index (κ3) is 4.57. The van der Waals surface area contributed by atoms with Gasteiger partial charge in [-0.1, -0.05) is 0 Å². The second kappa shape index (κ2) is 9.53. The summed E-state index contributed by atoms with van der Waals surface area (Å²) in [4.78, 5) is 39.2. The Morgan fingerprint density at radius 2 is 2.11 bits per heavy atom. The van der Waals surface area contributed by atoms with Crippen LogP contribution in [0.25, 0.3) is 11.0 Å². The van der Waals surface area contributed by atoms with Crippen molar-refractivity contribution in [1.82, 2.24) is 34.6 Å². The third-order valence-electron chi connectivity index (χ3n) is 6.33. The van der Waals surface area contributed by atoms with Gasteiger partial charge in [0, 0.05) is 43.2 Å². The summed E-state index contributed by atoms with van der Waals surface area (Å²) in [6.07, 6.45) is 7.74. The van der Waals surface area contributed by atoms with Crippen molar-refractivity contribution in [2.75, 3.05) is 4.90 Å². The lowest BCUT2D eigenvalue weighted by Crippen LogP contribution is -2.41. The van der Waals surface area contributed by atoms with Gasteiger partial charge in [-0.3, -0.25) is 14.4 Å². The molecule has 0 bridgehead atoms. The molecule has 0 radical (unpaired) electrons. The number of aromatic nitrogens is 6. The van der Waals surface area contributed by atoms with Crippen LogP contribution in [0.1, 0.15) is 30.4 Å². The molecule has 0 fully saturated rings. The monoisotopic (exact) mass is 474 g/mol. The van der Waals surface area contributed by atoms with E-state index in [1.807, 2.05) is 40.6 Å². The molecule has 1 atom stereocenters. The smallest absolute Gasteiger partial charge is 0.412 e. The molecular formula is C24H26N8O3. The van der Waals surface area contributed by atoms with Gasteiger partial charge in [0.05, 0.1) is 29.0 Å². The summed E-state index contributed by atoms with van der Waals surface area (Å²) >= 11 is 0. The van der Waals surface area contributed by atoms with Crippen LogP contribution >= 0.6 is 0 Å². The molecule has 4 heterocycles. The number of benzene rings is 1. The Labute approximate surface area is 201 Å². The van der Waals surface area contributed by atoms with Crippen LogP contribution in [0, 0.1) is 0 Å². The highest BCUT2D eigenvalue weighted by Gasteiger charge is 2.30. The molecule has 1 aliphatic heterocycles. The lowest BCUT2D eigenvalue weighted by atomic mass is 9.96. The second-order valence-electron chi connectivity index (χ2n) is 8.58. The maximum absolute atomic E-state index is 12.9. The molecule has 5 rings (SSSR count). The minimum atomic E-state index is -0.972. The summed E-state index contributed by atoms with van der Waals surface area (Å²) in [5.41, 5.74) is 3.86. The van der Waals surface area contributed by atoms with Crippen LogP contribution in [0.2, 0.25) is 0 Å². The van der Waals surface area contributed by atoms with Gasteiger partial charge >= 0.3 is 6.09 Å². The largest absolute Gasteiger partial charge is 0.465 e. The minimum absolute atomic E-state index is 0.0911. The number of aryl methyl sites for hydroxylation is 3. The standard InChI is InChI=1S/C24H26N8O3/c1-16-3-4-18-19(32(16)24(34)35)5-6-20-23(18)29-21(8-12-30-11-2-9-28-30)31(20)14-22(33)26-13-17-7-10-25-15-27-17/h2,5-7,9-11,15-16H,3-4,8,12-14H2,1H3,(H,26,33)(H,34,35)/t16-/m0/s1. The molecule has 2 amide bonds. The Kier molecular flexibility index (Phi) is 6.13. The Bertz CT molecular complexity index is 1350. The maximum atomic E-state index is 12.9. The van der Waals surface area contributed by atoms with Crippen LogP contribution in [0.3, 0.4) is 0 Å². The molecule has 4 aromatic rings. The van der Waals surface area contributed by atoms with E-state index >= 15 is 0 Å². The average molecular weight is 475 g/mol. The number of fused-ring (bicyclic) bond motifs is 3. The van der Waals surface area contributed by atoms with E-state index < -0.39 is 6.09 Å². The van der Waals surface area contributed by atoms with Gasteiger partial charge < -0.3 is 15.0 Å². The number of anilines is 1. The van der Waals surface area contributed by atoms with Crippen molar-refractivity contribution in [2.24, 2.45) is 0 Å². The number of carboxylic acid groups (broad SMARTS) is 1. The average Bonchev–Trinajstić information content (AvgIpc) is 3.49. The number of imidazole rings is 1. The number of carbonyl (C=O) groups excluding carboxylic acids is 1. The van der Waals surface area contributed by atoms with E-state index in [0.717, 1.165) is 34.5 Å². The summed E-state index contributed by atoms with van der Waals surface area (Å²) in [6, 6.07) is 7.21. The van der Waals surface area contributed by atoms with Crippen molar-refractivity contribution >= 4 is 28.7 Å². The first-order chi connectivity index (χ1) is 17.0. The fourth-order valence-corrected chi connectivity index (χ4v) is 4.59. The van der Waals surface area contributed by atoms with Gasteiger partial charge in [-0.25, -0.2) is 19.7 Å². The zero-order chi connectivity index (χ0) is 24.4. The normalized spacial score (nSPS) is 15.2. The van der Waals surface area contributed by atoms with E-state index in [-0.39, 0.29) is 18.5 Å². The molecule has 11 heteroatoms. The maximum Gasteiger partial charge on any atom is 0.412 e. The predicted octanol–water partition coefficient (Wildman–Crippen LogP) is 2.40. The van der Waals surface area contributed by atoms with E-state index in [0.29, 0.717) is 31.6 Å². The third-order valence-corrected chi connectivity index (χ3v) is 6.33. The molecule has 0 aliphatic carbocycles. The summed E-state index contributed by atoms with van der Waals surface area (Å²) in [5.74, 6) is 0.586. The number of amides is 2. The number of rotatable bonds is 7. The summed E-state index contributed by atoms with van der Waals surface area (Å²) in [6.45, 7) is 2.92. The van der Waals surface area contributed by atoms with Crippen molar-refractivity contribution in [1.29, 1.82) is 0 Å². The summed E-state index contributed by atoms with van der Waals surface area (Å²) < 4.78 is 3.74. The number of hydrogen-bond donors (Lipinski definition) is 2. The van der Waals surface area contributed by atoms with Gasteiger partial charge in [-0.2, -0.15) is 5.10 Å². The van der Waals surface area contributed by atoms with Crippen molar-refractivity contribution in [3.63, 3.8) is 0 Å². The van der Waals surface area contributed by atoms with Gasteiger partial charge in [-0.15, -0.1) is 0 Å². The number of carbonyl (C=O) groups is 2. The zero-order valence-electron chi connectivity index (χ0n) is 19.3. The number of hydrogen-bond acceptors (Lipinski definition) is 6. The van der Waals surface area contributed by atoms with Crippen molar-refractivity contribution < 1.29 is 14.7 Å². The van der Waals surface area contributed by atoms with Crippen LogP contribution in [0.15, 0.2) is 49.2 Å². The Morgan fingerprint density at radius 1 is 1.23 bits per heavy atom. The van der Waals surface area contributed by atoms with Gasteiger partial charge in [0.15, 0.2) is 0 Å². The topological polar surface area (TPSA) is 131 Å². The van der Waals surface area contributed by atoms with Crippen molar-refractivity contribution in [3.8, 4) is 0 Å². The minimum Gasteiger partial charge on any atom is -0.465 e. The van der Waals surface area contributed by atoms with E-state index in [4.69, 9.17) is 4.98 Å². The Balaban J connectivity index is 1.48. The molecule has 180 valence electrons. The van der Waals surface area contributed by atoms with E-state index in [9.17, 15) is 14.7 Å². The quantitative estimate of drug-likeness (QED) is 0.420. The first kappa shape index (κ1) is 22.5. The molecule has 3 aromatic heterocycles. The lowest BCUT2D eigenvalue weighted by Gasteiger charge is -2.33. The van der Waals surface area contributed by atoms with E-state index in [1.54, 1.807) is 18.5 Å². The molecule has 0 saturated heterocycles. The molecule has 35 heavy (non-hydrogen) atoms. The first-order valence-corrected chi connectivity index (χ1v) is 11.5. The molecule has 1 aromatic carbocycles. The molecule has 11 nitrogen and oxygen atoms in total. The molecule has 2 N–H and O–H groups in total. The predicted molar refractivity (Wildman–Crippen MR) is 128 cm³/mol. The second-order valence-corrected chi connectivity index (χ2v) is 8.58. The molecular weight excluding hydrogens is 448 g/mol. The van der Waals surface area contributed by atoms with Crippen LogP contribution in [-0.4, -0.2) is 52.4 Å². The Hall–Kier alpha value is -4.28. The van der Waals surface area contributed by atoms with Crippen molar-refractivity contribution in [2.45, 2.75) is 51.9 Å². The fourth-order valence-electron chi connectivity index (χ4n) is 4.59. The Morgan fingerprint density at radius 3 is 2.86 bits per heavy atom. The number of nitrogens with zero attached hydrogens (tertiary/aromatic N) is 7. The van der Waals surface area contributed by atoms with Gasteiger partial charge in [-0.05, 0) is 44.0 Å². The highest BCUT2D eigenvalue weighted by atomic mass is 16.4.